The van der Waals surface area contributed by atoms with Crippen LogP contribution in [-0.4, -0.2) is 31.2 Å². The molecule has 4 nitrogen and oxygen atoms in total. The van der Waals surface area contributed by atoms with Gasteiger partial charge in [-0.25, -0.2) is 4.98 Å². The summed E-state index contributed by atoms with van der Waals surface area (Å²) in [6.07, 6.45) is 2.47. The molecule has 0 atom stereocenters. The van der Waals surface area contributed by atoms with Crippen molar-refractivity contribution in [1.82, 2.24) is 4.98 Å². The first-order chi connectivity index (χ1) is 8.21. The predicted molar refractivity (Wildman–Crippen MR) is 70.6 cm³/mol. The maximum Gasteiger partial charge on any atom is 0.311 e. The van der Waals surface area contributed by atoms with Crippen LogP contribution in [0, 0.1) is 0 Å². The van der Waals surface area contributed by atoms with Crippen molar-refractivity contribution in [1.29, 1.82) is 0 Å². The van der Waals surface area contributed by atoms with Gasteiger partial charge in [0.15, 0.2) is 5.13 Å². The number of hydrogen-bond acceptors (Lipinski definition) is 5. The number of hydrogen-bond donors (Lipinski definition) is 0. The van der Waals surface area contributed by atoms with Gasteiger partial charge in [0.1, 0.15) is 0 Å². The van der Waals surface area contributed by atoms with E-state index in [-0.39, 0.29) is 12.4 Å². The largest absolute Gasteiger partial charge is 0.469 e. The summed E-state index contributed by atoms with van der Waals surface area (Å²) in [6, 6.07) is 0. The van der Waals surface area contributed by atoms with Crippen LogP contribution < -0.4 is 4.90 Å². The van der Waals surface area contributed by atoms with Gasteiger partial charge < -0.3 is 9.64 Å². The first-order valence-corrected chi connectivity index (χ1v) is 6.85. The first kappa shape index (κ1) is 14.0. The quantitative estimate of drug-likeness (QED) is 0.703. The molecule has 0 fully saturated rings. The average Bonchev–Trinajstić information content (AvgIpc) is 2.77. The van der Waals surface area contributed by atoms with Gasteiger partial charge in [0, 0.05) is 18.5 Å². The maximum absolute atomic E-state index is 11.1. The van der Waals surface area contributed by atoms with E-state index in [0.717, 1.165) is 36.8 Å². The predicted octanol–water partition coefficient (Wildman–Crippen LogP) is 2.49. The molecule has 0 aliphatic carbocycles. The molecule has 0 bridgehead atoms. The third kappa shape index (κ3) is 4.34. The molecule has 0 aliphatic rings. The second kappa shape index (κ2) is 7.27. The third-order valence-corrected chi connectivity index (χ3v) is 3.30. The minimum Gasteiger partial charge on any atom is -0.469 e. The second-order valence-electron chi connectivity index (χ2n) is 3.86. The van der Waals surface area contributed by atoms with Crippen LogP contribution in [0.3, 0.4) is 0 Å². The molecule has 1 aromatic rings. The summed E-state index contributed by atoms with van der Waals surface area (Å²) in [7, 11) is 1.40. The summed E-state index contributed by atoms with van der Waals surface area (Å²) in [4.78, 5) is 17.9. The van der Waals surface area contributed by atoms with Crippen LogP contribution in [-0.2, 0) is 16.0 Å². The maximum atomic E-state index is 11.1. The van der Waals surface area contributed by atoms with Crippen molar-refractivity contribution in [3.8, 4) is 0 Å². The Bertz CT molecular complexity index is 346. The van der Waals surface area contributed by atoms with Gasteiger partial charge in [-0.1, -0.05) is 13.8 Å². The second-order valence-corrected chi connectivity index (χ2v) is 4.70. The van der Waals surface area contributed by atoms with Gasteiger partial charge in [-0.2, -0.15) is 0 Å². The van der Waals surface area contributed by atoms with Gasteiger partial charge in [0.05, 0.1) is 19.2 Å². The van der Waals surface area contributed by atoms with E-state index < -0.39 is 0 Å². The fourth-order valence-electron chi connectivity index (χ4n) is 1.59. The number of anilines is 1. The lowest BCUT2D eigenvalue weighted by Gasteiger charge is -2.19. The van der Waals surface area contributed by atoms with E-state index in [4.69, 9.17) is 0 Å². The number of carbonyl (C=O) groups excluding carboxylic acids is 1. The lowest BCUT2D eigenvalue weighted by atomic mass is 10.3. The molecule has 0 aliphatic heterocycles. The van der Waals surface area contributed by atoms with Crippen LogP contribution in [0.2, 0.25) is 0 Å². The van der Waals surface area contributed by atoms with Crippen molar-refractivity contribution in [3.05, 3.63) is 11.1 Å². The number of aromatic nitrogens is 1. The van der Waals surface area contributed by atoms with Crippen molar-refractivity contribution in [3.63, 3.8) is 0 Å². The van der Waals surface area contributed by atoms with Gasteiger partial charge in [0.2, 0.25) is 0 Å². The molecule has 1 heterocycles. The lowest BCUT2D eigenvalue weighted by molar-refractivity contribution is -0.139. The van der Waals surface area contributed by atoms with Crippen molar-refractivity contribution in [2.45, 2.75) is 33.1 Å². The highest BCUT2D eigenvalue weighted by atomic mass is 32.1. The molecule has 0 spiro atoms. The summed E-state index contributed by atoms with van der Waals surface area (Å²) < 4.78 is 4.63. The Balaban J connectivity index is 2.66. The third-order valence-electron chi connectivity index (χ3n) is 2.35. The number of thiazole rings is 1. The average molecular weight is 256 g/mol. The topological polar surface area (TPSA) is 42.4 Å². The Labute approximate surface area is 107 Å². The van der Waals surface area contributed by atoms with Crippen LogP contribution in [0.5, 0.6) is 0 Å². The van der Waals surface area contributed by atoms with Crippen molar-refractivity contribution in [2.75, 3.05) is 25.1 Å². The summed E-state index contributed by atoms with van der Waals surface area (Å²) in [6.45, 7) is 6.34. The molecular weight excluding hydrogens is 236 g/mol. The molecule has 17 heavy (non-hydrogen) atoms. The van der Waals surface area contributed by atoms with Crippen molar-refractivity contribution < 1.29 is 9.53 Å². The van der Waals surface area contributed by atoms with E-state index in [0.29, 0.717) is 0 Å². The first-order valence-electron chi connectivity index (χ1n) is 5.97. The summed E-state index contributed by atoms with van der Waals surface area (Å²) >= 11 is 1.60. The zero-order valence-corrected chi connectivity index (χ0v) is 11.5. The monoisotopic (exact) mass is 256 g/mol. The molecule has 1 rings (SSSR count). The zero-order chi connectivity index (χ0) is 12.7. The Hall–Kier alpha value is -1.10. The molecule has 0 aromatic carbocycles. The van der Waals surface area contributed by atoms with Crippen LogP contribution in [0.25, 0.3) is 0 Å². The molecule has 0 unspecified atom stereocenters. The molecule has 0 saturated heterocycles. The fraction of sp³-hybridized carbons (Fsp3) is 0.667. The molecule has 0 amide bonds. The minimum atomic E-state index is -0.237. The summed E-state index contributed by atoms with van der Waals surface area (Å²) in [5, 5.41) is 2.94. The SMILES string of the molecule is CCCN(CCC)c1nc(CC(=O)OC)cs1. The Morgan fingerprint density at radius 3 is 2.59 bits per heavy atom. The number of ether oxygens (including phenoxy) is 1. The smallest absolute Gasteiger partial charge is 0.311 e. The van der Waals surface area contributed by atoms with Gasteiger partial charge in [-0.15, -0.1) is 11.3 Å². The van der Waals surface area contributed by atoms with E-state index in [9.17, 15) is 4.79 Å². The van der Waals surface area contributed by atoms with E-state index in [1.54, 1.807) is 11.3 Å². The number of esters is 1. The van der Waals surface area contributed by atoms with Crippen LogP contribution in [0.15, 0.2) is 5.38 Å². The normalized spacial score (nSPS) is 10.3. The number of methoxy groups -OCH3 is 1. The summed E-state index contributed by atoms with van der Waals surface area (Å²) in [5.74, 6) is -0.237. The van der Waals surface area contributed by atoms with Crippen LogP contribution in [0.1, 0.15) is 32.4 Å². The van der Waals surface area contributed by atoms with Gasteiger partial charge in [-0.3, -0.25) is 4.79 Å². The fourth-order valence-corrected chi connectivity index (χ4v) is 2.46. The molecule has 96 valence electrons. The van der Waals surface area contributed by atoms with E-state index in [1.807, 2.05) is 5.38 Å². The Morgan fingerprint density at radius 2 is 2.06 bits per heavy atom. The molecule has 0 saturated carbocycles. The standard InChI is InChI=1S/C12H20N2O2S/c1-4-6-14(7-5-2)12-13-10(9-17-12)8-11(15)16-3/h9H,4-8H2,1-3H3. The molecule has 1 aromatic heterocycles. The van der Waals surface area contributed by atoms with Gasteiger partial charge >= 0.3 is 5.97 Å². The number of nitrogens with zero attached hydrogens (tertiary/aromatic N) is 2. The minimum absolute atomic E-state index is 0.237. The summed E-state index contributed by atoms with van der Waals surface area (Å²) in [5.41, 5.74) is 0.800. The molecule has 0 N–H and O–H groups in total. The number of rotatable bonds is 7. The lowest BCUT2D eigenvalue weighted by Crippen LogP contribution is -2.24. The molecule has 0 radical (unpaired) electrons. The highest BCUT2D eigenvalue weighted by Crippen LogP contribution is 2.21. The van der Waals surface area contributed by atoms with E-state index in [1.165, 1.54) is 7.11 Å². The van der Waals surface area contributed by atoms with Crippen molar-refractivity contribution in [2.24, 2.45) is 0 Å². The highest BCUT2D eigenvalue weighted by molar-refractivity contribution is 7.13. The van der Waals surface area contributed by atoms with Crippen LogP contribution >= 0.6 is 11.3 Å². The Morgan fingerprint density at radius 1 is 1.41 bits per heavy atom. The van der Waals surface area contributed by atoms with Gasteiger partial charge in [-0.05, 0) is 12.8 Å². The zero-order valence-electron chi connectivity index (χ0n) is 10.7. The number of carbonyl (C=O) groups is 1. The Kier molecular flexibility index (Phi) is 5.97. The van der Waals surface area contributed by atoms with Crippen LogP contribution in [0.4, 0.5) is 5.13 Å². The van der Waals surface area contributed by atoms with Crippen molar-refractivity contribution >= 4 is 22.4 Å². The van der Waals surface area contributed by atoms with Gasteiger partial charge in [0.25, 0.3) is 0 Å². The molecule has 5 heteroatoms. The molecular formula is C12H20N2O2S. The van der Waals surface area contributed by atoms with E-state index in [2.05, 4.69) is 28.5 Å². The highest BCUT2D eigenvalue weighted by Gasteiger charge is 2.11. The van der Waals surface area contributed by atoms with E-state index >= 15 is 0 Å².